The maximum Gasteiger partial charge on any atom is 0.306 e. The number of carbonyl (C=O) groups excluding carboxylic acids is 1. The van der Waals surface area contributed by atoms with Crippen LogP contribution in [0, 0.1) is 16.7 Å². The second kappa shape index (κ2) is 10.7. The Morgan fingerprint density at radius 2 is 1.85 bits per heavy atom. The standard InChI is InChI=1S/C25H35N3O4S/c1-24(2,3)19(32-4)15-18(21(29)30)16-25(12-8-9-13-25)22(31)26-23-28-27-20(33-23)14-17-10-6-5-7-11-17/h5-7,10-11,18-19H,8-9,12-16H2,1-4H3,(H,29,30)(H,26,28,31). The van der Waals surface area contributed by atoms with E-state index in [0.717, 1.165) is 23.4 Å². The summed E-state index contributed by atoms with van der Waals surface area (Å²) >= 11 is 1.37. The Hall–Kier alpha value is -2.32. The second-order valence-electron chi connectivity index (χ2n) is 10.2. The highest BCUT2D eigenvalue weighted by Gasteiger charge is 2.45. The minimum absolute atomic E-state index is 0.140. The van der Waals surface area contributed by atoms with Crippen LogP contribution in [0.1, 0.15) is 69.9 Å². The van der Waals surface area contributed by atoms with Gasteiger partial charge in [0.1, 0.15) is 5.01 Å². The number of benzene rings is 1. The van der Waals surface area contributed by atoms with E-state index in [0.29, 0.717) is 37.2 Å². The number of amides is 1. The van der Waals surface area contributed by atoms with Crippen molar-refractivity contribution in [1.82, 2.24) is 10.2 Å². The molecule has 8 heteroatoms. The number of hydrogen-bond donors (Lipinski definition) is 2. The molecule has 1 aliphatic rings. The van der Waals surface area contributed by atoms with Crippen molar-refractivity contribution in [2.45, 2.75) is 71.8 Å². The summed E-state index contributed by atoms with van der Waals surface area (Å²) in [5, 5.41) is 22.6. The second-order valence-corrected chi connectivity index (χ2v) is 11.2. The first kappa shape index (κ1) is 25.3. The zero-order valence-electron chi connectivity index (χ0n) is 20.0. The lowest BCUT2D eigenvalue weighted by molar-refractivity contribution is -0.146. The number of nitrogens with one attached hydrogen (secondary N) is 1. The lowest BCUT2D eigenvalue weighted by atomic mass is 9.73. The van der Waals surface area contributed by atoms with Crippen molar-refractivity contribution in [3.8, 4) is 0 Å². The van der Waals surface area contributed by atoms with Crippen LogP contribution in [0.15, 0.2) is 30.3 Å². The minimum Gasteiger partial charge on any atom is -0.481 e. The van der Waals surface area contributed by atoms with Gasteiger partial charge >= 0.3 is 5.97 Å². The van der Waals surface area contributed by atoms with Crippen LogP contribution in [0.5, 0.6) is 0 Å². The molecule has 0 bridgehead atoms. The van der Waals surface area contributed by atoms with Crippen molar-refractivity contribution in [2.75, 3.05) is 12.4 Å². The molecule has 0 saturated heterocycles. The van der Waals surface area contributed by atoms with E-state index in [9.17, 15) is 14.7 Å². The summed E-state index contributed by atoms with van der Waals surface area (Å²) in [6, 6.07) is 10.00. The van der Waals surface area contributed by atoms with Gasteiger partial charge in [-0.05, 0) is 36.7 Å². The first-order valence-electron chi connectivity index (χ1n) is 11.6. The highest BCUT2D eigenvalue weighted by atomic mass is 32.1. The number of carboxylic acid groups (broad SMARTS) is 1. The Kier molecular flexibility index (Phi) is 8.23. The molecule has 1 amide bonds. The molecule has 1 aliphatic carbocycles. The third kappa shape index (κ3) is 6.60. The molecule has 0 radical (unpaired) electrons. The van der Waals surface area contributed by atoms with Gasteiger partial charge in [0.15, 0.2) is 0 Å². The molecular weight excluding hydrogens is 438 g/mol. The van der Waals surface area contributed by atoms with Crippen molar-refractivity contribution in [3.05, 3.63) is 40.9 Å². The first-order valence-corrected chi connectivity index (χ1v) is 12.4. The van der Waals surface area contributed by atoms with Gasteiger partial charge in [0, 0.05) is 13.5 Å². The lowest BCUT2D eigenvalue weighted by Gasteiger charge is -2.34. The van der Waals surface area contributed by atoms with Gasteiger partial charge in [0.05, 0.1) is 17.4 Å². The molecule has 1 heterocycles. The van der Waals surface area contributed by atoms with E-state index in [1.165, 1.54) is 11.3 Å². The number of anilines is 1. The van der Waals surface area contributed by atoms with Crippen LogP contribution in [0.25, 0.3) is 0 Å². The number of aliphatic carboxylic acids is 1. The van der Waals surface area contributed by atoms with Gasteiger partial charge in [0.2, 0.25) is 11.0 Å². The first-order chi connectivity index (χ1) is 15.6. The number of rotatable bonds is 10. The molecule has 1 saturated carbocycles. The van der Waals surface area contributed by atoms with Crippen molar-refractivity contribution < 1.29 is 19.4 Å². The van der Waals surface area contributed by atoms with Crippen LogP contribution in [0.4, 0.5) is 5.13 Å². The van der Waals surface area contributed by atoms with Crippen LogP contribution < -0.4 is 5.32 Å². The molecule has 3 rings (SSSR count). The maximum absolute atomic E-state index is 13.4. The fourth-order valence-electron chi connectivity index (χ4n) is 4.76. The molecule has 2 unspecified atom stereocenters. The van der Waals surface area contributed by atoms with Crippen LogP contribution >= 0.6 is 11.3 Å². The third-order valence-electron chi connectivity index (χ3n) is 6.66. The summed E-state index contributed by atoms with van der Waals surface area (Å²) in [7, 11) is 1.62. The van der Waals surface area contributed by atoms with Gasteiger partial charge in [-0.25, -0.2) is 0 Å². The molecule has 1 aromatic carbocycles. The van der Waals surface area contributed by atoms with Crippen molar-refractivity contribution >= 4 is 28.3 Å². The molecule has 0 spiro atoms. The smallest absolute Gasteiger partial charge is 0.306 e. The zero-order chi connectivity index (χ0) is 24.1. The summed E-state index contributed by atoms with van der Waals surface area (Å²) < 4.78 is 5.62. The average molecular weight is 474 g/mol. The Labute approximate surface area is 200 Å². The van der Waals surface area contributed by atoms with Gasteiger partial charge < -0.3 is 15.2 Å². The number of aromatic nitrogens is 2. The van der Waals surface area contributed by atoms with E-state index < -0.39 is 17.3 Å². The number of carboxylic acids is 1. The van der Waals surface area contributed by atoms with E-state index in [1.807, 2.05) is 51.1 Å². The minimum atomic E-state index is -0.874. The fourth-order valence-corrected chi connectivity index (χ4v) is 5.53. The highest BCUT2D eigenvalue weighted by Crippen LogP contribution is 2.46. The maximum atomic E-state index is 13.4. The van der Waals surface area contributed by atoms with Crippen LogP contribution in [-0.2, 0) is 20.7 Å². The normalized spacial score (nSPS) is 17.5. The Bertz CT molecular complexity index is 933. The summed E-state index contributed by atoms with van der Waals surface area (Å²) in [4.78, 5) is 25.6. The van der Waals surface area contributed by atoms with Gasteiger partial charge in [-0.2, -0.15) is 0 Å². The van der Waals surface area contributed by atoms with Gasteiger partial charge in [-0.1, -0.05) is 75.3 Å². The number of nitrogens with zero attached hydrogens (tertiary/aromatic N) is 2. The zero-order valence-corrected chi connectivity index (χ0v) is 20.8. The number of hydrogen-bond acceptors (Lipinski definition) is 6. The van der Waals surface area contributed by atoms with Crippen molar-refractivity contribution in [1.29, 1.82) is 0 Å². The molecule has 1 aromatic heterocycles. The molecule has 2 aromatic rings. The predicted octanol–water partition coefficient (Wildman–Crippen LogP) is 5.17. The monoisotopic (exact) mass is 473 g/mol. The fraction of sp³-hybridized carbons (Fsp3) is 0.600. The number of ether oxygens (including phenoxy) is 1. The molecule has 7 nitrogen and oxygen atoms in total. The largest absolute Gasteiger partial charge is 0.481 e. The molecule has 33 heavy (non-hydrogen) atoms. The average Bonchev–Trinajstić information content (AvgIpc) is 3.41. The van der Waals surface area contributed by atoms with Crippen molar-refractivity contribution in [3.63, 3.8) is 0 Å². The lowest BCUT2D eigenvalue weighted by Crippen LogP contribution is -2.39. The molecule has 180 valence electrons. The Balaban J connectivity index is 1.71. The van der Waals surface area contributed by atoms with E-state index in [2.05, 4.69) is 15.5 Å². The number of methoxy groups -OCH3 is 1. The Morgan fingerprint density at radius 1 is 1.18 bits per heavy atom. The summed E-state index contributed by atoms with van der Waals surface area (Å²) in [6.45, 7) is 6.13. The van der Waals surface area contributed by atoms with Crippen LogP contribution in [0.3, 0.4) is 0 Å². The van der Waals surface area contributed by atoms with Gasteiger partial charge in [-0.15, -0.1) is 10.2 Å². The van der Waals surface area contributed by atoms with Crippen LogP contribution in [0.2, 0.25) is 0 Å². The molecule has 2 N–H and O–H groups in total. The van der Waals surface area contributed by atoms with E-state index in [-0.39, 0.29) is 17.4 Å². The summed E-state index contributed by atoms with van der Waals surface area (Å²) in [6.07, 6.45) is 4.35. The molecule has 2 atom stereocenters. The van der Waals surface area contributed by atoms with Gasteiger partial charge in [0.25, 0.3) is 0 Å². The SMILES string of the molecule is COC(CC(CC1(C(=O)Nc2nnc(Cc3ccccc3)s2)CCCC1)C(=O)O)C(C)(C)C. The van der Waals surface area contributed by atoms with Crippen molar-refractivity contribution in [2.24, 2.45) is 16.7 Å². The molecule has 0 aliphatic heterocycles. The topological polar surface area (TPSA) is 101 Å². The Morgan fingerprint density at radius 3 is 2.42 bits per heavy atom. The van der Waals surface area contributed by atoms with E-state index in [4.69, 9.17) is 4.74 Å². The highest BCUT2D eigenvalue weighted by molar-refractivity contribution is 7.15. The molecular formula is C25H35N3O4S. The molecule has 1 fully saturated rings. The van der Waals surface area contributed by atoms with E-state index >= 15 is 0 Å². The number of carbonyl (C=O) groups is 2. The van der Waals surface area contributed by atoms with Gasteiger partial charge in [-0.3, -0.25) is 9.59 Å². The quantitative estimate of drug-likeness (QED) is 0.494. The third-order valence-corrected chi connectivity index (χ3v) is 7.50. The van der Waals surface area contributed by atoms with E-state index in [1.54, 1.807) is 7.11 Å². The predicted molar refractivity (Wildman–Crippen MR) is 129 cm³/mol. The van der Waals surface area contributed by atoms with Crippen LogP contribution in [-0.4, -0.2) is 40.4 Å². The summed E-state index contributed by atoms with van der Waals surface area (Å²) in [5.74, 6) is -1.67. The summed E-state index contributed by atoms with van der Waals surface area (Å²) in [5.41, 5.74) is 0.245.